The van der Waals surface area contributed by atoms with Crippen LogP contribution < -0.4 is 9.61 Å². The predicted molar refractivity (Wildman–Crippen MR) is 83.6 cm³/mol. The number of rotatable bonds is 9. The molecule has 1 unspecified atom stereocenters. The Morgan fingerprint density at radius 2 is 2.00 bits per heavy atom. The van der Waals surface area contributed by atoms with Gasteiger partial charge in [-0.25, -0.2) is 9.65 Å². The summed E-state index contributed by atoms with van der Waals surface area (Å²) >= 11 is 5.81. The molecule has 118 valence electrons. The normalized spacial score (nSPS) is 15.0. The van der Waals surface area contributed by atoms with Crippen molar-refractivity contribution in [1.82, 2.24) is 5.09 Å². The maximum atomic E-state index is 12.1. The number of carbonyl (C=O) groups is 1. The number of carbonyl (C=O) groups excluding carboxylic acids is 1. The molecular formula is C14H21ClNO4P. The molecule has 1 N–H and O–H groups in total. The molecule has 1 rings (SSSR count). The van der Waals surface area contributed by atoms with E-state index >= 15 is 0 Å². The van der Waals surface area contributed by atoms with Crippen LogP contribution >= 0.6 is 18.1 Å². The molecule has 0 saturated carbocycles. The van der Waals surface area contributed by atoms with Gasteiger partial charge in [-0.15, -0.1) is 0 Å². The van der Waals surface area contributed by atoms with Crippen LogP contribution in [0, 0.1) is 0 Å². The van der Waals surface area contributed by atoms with E-state index in [1.54, 1.807) is 30.3 Å². The molecule has 0 amide bonds. The van der Waals surface area contributed by atoms with Crippen molar-refractivity contribution in [3.8, 4) is 5.75 Å². The number of unbranched alkanes of at least 4 members (excludes halogenated alkanes) is 2. The number of benzene rings is 1. The van der Waals surface area contributed by atoms with Crippen molar-refractivity contribution in [3.05, 3.63) is 30.3 Å². The Bertz CT molecular complexity index is 483. The zero-order valence-electron chi connectivity index (χ0n) is 12.3. The van der Waals surface area contributed by atoms with E-state index in [0.717, 1.165) is 19.3 Å². The van der Waals surface area contributed by atoms with E-state index in [2.05, 4.69) is 12.0 Å². The Kier molecular flexibility index (Phi) is 7.79. The van der Waals surface area contributed by atoms with Crippen molar-refractivity contribution in [2.75, 3.05) is 6.61 Å². The molecule has 0 aliphatic carbocycles. The first kappa shape index (κ1) is 18.0. The van der Waals surface area contributed by atoms with Gasteiger partial charge in [0.15, 0.2) is 0 Å². The standard InChI is InChI=1S/C14H21ClNO4P/c1-3-4-8-11-19-14(17)12(2)16-21(15,18)20-13-9-6-5-7-10-13/h5-7,9-10,12H,3-4,8,11H2,1-2H3,(H,16,18)/t12-,21?/m0/s1. The first-order chi connectivity index (χ1) is 9.94. The van der Waals surface area contributed by atoms with Gasteiger partial charge in [0, 0.05) is 11.2 Å². The fourth-order valence-electron chi connectivity index (χ4n) is 1.58. The van der Waals surface area contributed by atoms with E-state index in [4.69, 9.17) is 20.5 Å². The third-order valence-corrected chi connectivity index (χ3v) is 4.30. The van der Waals surface area contributed by atoms with Gasteiger partial charge in [0.2, 0.25) is 0 Å². The predicted octanol–water partition coefficient (Wildman–Crippen LogP) is 4.12. The fourth-order valence-corrected chi connectivity index (χ4v) is 3.27. The maximum Gasteiger partial charge on any atom is 0.409 e. The second-order valence-electron chi connectivity index (χ2n) is 4.61. The van der Waals surface area contributed by atoms with Crippen molar-refractivity contribution >= 4 is 24.1 Å². The third kappa shape index (κ3) is 7.51. The van der Waals surface area contributed by atoms with Crippen LogP contribution in [0.5, 0.6) is 5.75 Å². The number of nitrogens with one attached hydrogen (secondary N) is 1. The van der Waals surface area contributed by atoms with Crippen LogP contribution in [0.4, 0.5) is 0 Å². The first-order valence-corrected chi connectivity index (χ1v) is 9.46. The van der Waals surface area contributed by atoms with Crippen molar-refractivity contribution < 1.29 is 18.6 Å². The van der Waals surface area contributed by atoms with E-state index in [1.807, 2.05) is 0 Å². The molecule has 21 heavy (non-hydrogen) atoms. The van der Waals surface area contributed by atoms with Crippen molar-refractivity contribution in [1.29, 1.82) is 0 Å². The number of hydrogen-bond donors (Lipinski definition) is 1. The molecule has 0 bridgehead atoms. The highest BCUT2D eigenvalue weighted by Gasteiger charge is 2.27. The summed E-state index contributed by atoms with van der Waals surface area (Å²) in [7, 11) is 0. The average Bonchev–Trinajstić information content (AvgIpc) is 2.43. The zero-order valence-corrected chi connectivity index (χ0v) is 13.9. The lowest BCUT2D eigenvalue weighted by Crippen LogP contribution is -2.33. The molecule has 7 heteroatoms. The molecule has 2 atom stereocenters. The Balaban J connectivity index is 2.42. The van der Waals surface area contributed by atoms with Crippen LogP contribution in [0.15, 0.2) is 30.3 Å². The fraction of sp³-hybridized carbons (Fsp3) is 0.500. The molecule has 0 spiro atoms. The van der Waals surface area contributed by atoms with E-state index < -0.39 is 18.9 Å². The second-order valence-corrected chi connectivity index (χ2v) is 7.34. The van der Waals surface area contributed by atoms with Crippen LogP contribution in [0.25, 0.3) is 0 Å². The highest BCUT2D eigenvalue weighted by molar-refractivity contribution is 7.84. The van der Waals surface area contributed by atoms with Crippen LogP contribution in [0.2, 0.25) is 0 Å². The minimum atomic E-state index is -3.65. The molecule has 1 aromatic carbocycles. The molecule has 0 radical (unpaired) electrons. The van der Waals surface area contributed by atoms with Gasteiger partial charge in [0.05, 0.1) is 6.61 Å². The Morgan fingerprint density at radius 3 is 2.62 bits per heavy atom. The Labute approximate surface area is 130 Å². The number of esters is 1. The molecule has 1 aromatic rings. The average molecular weight is 334 g/mol. The van der Waals surface area contributed by atoms with Crippen LogP contribution in [-0.2, 0) is 14.1 Å². The SMILES string of the molecule is CCCCCOC(=O)[C@H](C)NP(=O)(Cl)Oc1ccccc1. The molecule has 0 aromatic heterocycles. The maximum absolute atomic E-state index is 12.1. The van der Waals surface area contributed by atoms with Crippen LogP contribution in [0.3, 0.4) is 0 Å². The number of hydrogen-bond acceptors (Lipinski definition) is 4. The summed E-state index contributed by atoms with van der Waals surface area (Å²) in [6.07, 6.45) is 2.86. The van der Waals surface area contributed by atoms with Gasteiger partial charge in [-0.3, -0.25) is 4.79 Å². The van der Waals surface area contributed by atoms with Gasteiger partial charge in [-0.2, -0.15) is 0 Å². The molecule has 5 nitrogen and oxygen atoms in total. The monoisotopic (exact) mass is 333 g/mol. The van der Waals surface area contributed by atoms with E-state index in [9.17, 15) is 9.36 Å². The van der Waals surface area contributed by atoms with E-state index in [-0.39, 0.29) is 0 Å². The third-order valence-electron chi connectivity index (χ3n) is 2.66. The highest BCUT2D eigenvalue weighted by atomic mass is 35.7. The Hall–Kier alpha value is -1.03. The molecule has 0 saturated heterocycles. The second kappa shape index (κ2) is 9.08. The molecular weight excluding hydrogens is 313 g/mol. The van der Waals surface area contributed by atoms with Gasteiger partial charge in [0.1, 0.15) is 11.8 Å². The summed E-state index contributed by atoms with van der Waals surface area (Å²) in [6.45, 7) is 0.304. The summed E-state index contributed by atoms with van der Waals surface area (Å²) in [5, 5.41) is 2.47. The first-order valence-electron chi connectivity index (χ1n) is 6.93. The Morgan fingerprint density at radius 1 is 1.33 bits per heavy atom. The lowest BCUT2D eigenvalue weighted by molar-refractivity contribution is -0.145. The van der Waals surface area contributed by atoms with Gasteiger partial charge in [-0.1, -0.05) is 38.0 Å². The summed E-state index contributed by atoms with van der Waals surface area (Å²) < 4.78 is 22.3. The minimum Gasteiger partial charge on any atom is -0.465 e. The molecule has 0 aliphatic rings. The van der Waals surface area contributed by atoms with Crippen LogP contribution in [-0.4, -0.2) is 18.6 Å². The van der Waals surface area contributed by atoms with E-state index in [1.165, 1.54) is 6.92 Å². The van der Waals surface area contributed by atoms with Gasteiger partial charge < -0.3 is 9.26 Å². The summed E-state index contributed by atoms with van der Waals surface area (Å²) in [6, 6.07) is 7.72. The van der Waals surface area contributed by atoms with Gasteiger partial charge in [-0.05, 0) is 25.5 Å². The smallest absolute Gasteiger partial charge is 0.409 e. The largest absolute Gasteiger partial charge is 0.465 e. The van der Waals surface area contributed by atoms with Crippen molar-refractivity contribution in [2.45, 2.75) is 39.2 Å². The summed E-state index contributed by atoms with van der Waals surface area (Å²) in [4.78, 5) is 11.7. The number of ether oxygens (including phenoxy) is 1. The van der Waals surface area contributed by atoms with Gasteiger partial charge in [0.25, 0.3) is 0 Å². The summed E-state index contributed by atoms with van der Waals surface area (Å²) in [5.74, 6) is -0.129. The van der Waals surface area contributed by atoms with Crippen molar-refractivity contribution in [3.63, 3.8) is 0 Å². The lowest BCUT2D eigenvalue weighted by atomic mass is 10.3. The quantitative estimate of drug-likeness (QED) is 0.418. The number of halogens is 1. The van der Waals surface area contributed by atoms with Crippen LogP contribution in [0.1, 0.15) is 33.1 Å². The highest BCUT2D eigenvalue weighted by Crippen LogP contribution is 2.48. The molecule has 0 heterocycles. The topological polar surface area (TPSA) is 64.6 Å². The molecule has 0 fully saturated rings. The van der Waals surface area contributed by atoms with E-state index in [0.29, 0.717) is 12.4 Å². The molecule has 0 aliphatic heterocycles. The summed E-state index contributed by atoms with van der Waals surface area (Å²) in [5.41, 5.74) is 0. The zero-order chi connectivity index (χ0) is 15.7. The van der Waals surface area contributed by atoms with Gasteiger partial charge >= 0.3 is 12.8 Å². The number of para-hydroxylation sites is 1. The van der Waals surface area contributed by atoms with Crippen molar-refractivity contribution in [2.24, 2.45) is 0 Å². The lowest BCUT2D eigenvalue weighted by Gasteiger charge is -2.18. The minimum absolute atomic E-state index is 0.352.